The minimum atomic E-state index is -3.02. The van der Waals surface area contributed by atoms with Crippen molar-refractivity contribution >= 4 is 40.7 Å². The number of aliphatic carboxylic acids is 1. The number of alkyl halides is 2. The number of hydrogen-bond acceptors (Lipinski definition) is 8. The average Bonchev–Trinajstić information content (AvgIpc) is 3.38. The number of nitrogens with one attached hydrogen (secondary N) is 1. The van der Waals surface area contributed by atoms with E-state index in [-0.39, 0.29) is 41.7 Å². The Kier molecular flexibility index (Phi) is 8.54. The number of ether oxygens (including phenoxy) is 1. The van der Waals surface area contributed by atoms with Crippen molar-refractivity contribution in [2.24, 2.45) is 4.99 Å². The van der Waals surface area contributed by atoms with Gasteiger partial charge in [-0.25, -0.2) is 27.7 Å². The van der Waals surface area contributed by atoms with Gasteiger partial charge in [-0.1, -0.05) is 23.7 Å². The van der Waals surface area contributed by atoms with E-state index in [1.54, 1.807) is 18.5 Å². The van der Waals surface area contributed by atoms with E-state index in [1.807, 2.05) is 0 Å². The van der Waals surface area contributed by atoms with Crippen LogP contribution in [0.4, 0.5) is 13.2 Å². The SMILES string of the molecule is CCOC(=O)C1=C(CN2CC(F)(F)CCC2/C=C/C(=O)O)NC(c2nccs2)=NC1c1ccc(F)cc1Cl. The second-order valence-electron chi connectivity index (χ2n) is 8.69. The van der Waals surface area contributed by atoms with E-state index < -0.39 is 48.7 Å². The molecule has 4 rings (SSSR count). The van der Waals surface area contributed by atoms with Crippen LogP contribution in [-0.2, 0) is 14.3 Å². The highest BCUT2D eigenvalue weighted by molar-refractivity contribution is 7.11. The van der Waals surface area contributed by atoms with Crippen LogP contribution in [0.3, 0.4) is 0 Å². The number of carbonyl (C=O) groups is 2. The third kappa shape index (κ3) is 6.43. The first kappa shape index (κ1) is 27.8. The largest absolute Gasteiger partial charge is 0.478 e. The van der Waals surface area contributed by atoms with Crippen molar-refractivity contribution in [1.29, 1.82) is 0 Å². The third-order valence-corrected chi connectivity index (χ3v) is 7.15. The maximum absolute atomic E-state index is 14.5. The molecule has 13 heteroatoms. The summed E-state index contributed by atoms with van der Waals surface area (Å²) in [4.78, 5) is 34.7. The molecule has 0 bridgehead atoms. The topological polar surface area (TPSA) is 104 Å². The molecule has 0 saturated carbocycles. The molecule has 3 heterocycles. The number of carboxylic acids is 1. The van der Waals surface area contributed by atoms with Crippen LogP contribution in [-0.4, -0.2) is 64.4 Å². The molecule has 202 valence electrons. The molecule has 2 aliphatic rings. The number of esters is 1. The van der Waals surface area contributed by atoms with Crippen LogP contribution in [0.2, 0.25) is 5.02 Å². The molecule has 2 N–H and O–H groups in total. The number of likely N-dealkylation sites (tertiary alicyclic amines) is 1. The standard InChI is InChI=1S/C25H24ClF3N4O4S/c1-2-37-24(36)20-18(12-33-13-25(28,29)8-7-15(33)4-6-19(34)35)31-22(23-30-9-10-38-23)32-21(20)16-5-3-14(27)11-17(16)26/h3-6,9-11,15,21H,2,7-8,12-13H2,1H3,(H,31,32)(H,34,35)/b6-4+. The Morgan fingerprint density at radius 1 is 1.39 bits per heavy atom. The number of hydrogen-bond donors (Lipinski definition) is 2. The lowest BCUT2D eigenvalue weighted by molar-refractivity contribution is -0.139. The molecular formula is C25H24ClF3N4O4S. The maximum Gasteiger partial charge on any atom is 0.338 e. The van der Waals surface area contributed by atoms with E-state index in [1.165, 1.54) is 34.4 Å². The lowest BCUT2D eigenvalue weighted by atomic mass is 9.93. The molecule has 2 unspecified atom stereocenters. The number of piperidine rings is 1. The van der Waals surface area contributed by atoms with Gasteiger partial charge in [0.05, 0.1) is 18.7 Å². The van der Waals surface area contributed by atoms with Crippen LogP contribution in [0.25, 0.3) is 0 Å². The molecule has 0 spiro atoms. The van der Waals surface area contributed by atoms with Gasteiger partial charge in [0.2, 0.25) is 0 Å². The number of rotatable bonds is 8. The predicted molar refractivity (Wildman–Crippen MR) is 136 cm³/mol. The van der Waals surface area contributed by atoms with Crippen molar-refractivity contribution in [3.8, 4) is 0 Å². The van der Waals surface area contributed by atoms with Gasteiger partial charge in [0.1, 0.15) is 11.9 Å². The van der Waals surface area contributed by atoms with Gasteiger partial charge in [-0.15, -0.1) is 11.3 Å². The Morgan fingerprint density at radius 3 is 2.84 bits per heavy atom. The van der Waals surface area contributed by atoms with E-state index in [9.17, 15) is 22.8 Å². The first-order valence-corrected chi connectivity index (χ1v) is 13.0. The lowest BCUT2D eigenvalue weighted by Crippen LogP contribution is -2.50. The highest BCUT2D eigenvalue weighted by Gasteiger charge is 2.41. The Bertz CT molecular complexity index is 1300. The van der Waals surface area contributed by atoms with Crippen LogP contribution in [0.1, 0.15) is 36.4 Å². The monoisotopic (exact) mass is 568 g/mol. The Hall–Kier alpha value is -3.22. The summed E-state index contributed by atoms with van der Waals surface area (Å²) >= 11 is 7.63. The van der Waals surface area contributed by atoms with Gasteiger partial charge in [0.15, 0.2) is 10.8 Å². The Morgan fingerprint density at radius 2 is 2.18 bits per heavy atom. The zero-order valence-electron chi connectivity index (χ0n) is 20.2. The molecule has 0 radical (unpaired) electrons. The molecule has 1 fully saturated rings. The van der Waals surface area contributed by atoms with Crippen molar-refractivity contribution in [2.75, 3.05) is 19.7 Å². The molecule has 2 aliphatic heterocycles. The molecule has 38 heavy (non-hydrogen) atoms. The second kappa shape index (κ2) is 11.7. The number of amidine groups is 1. The number of aliphatic imine (C=N–C) groups is 1. The van der Waals surface area contributed by atoms with Gasteiger partial charge >= 0.3 is 11.9 Å². The van der Waals surface area contributed by atoms with Crippen molar-refractivity contribution in [3.63, 3.8) is 0 Å². The van der Waals surface area contributed by atoms with Crippen LogP contribution in [0, 0.1) is 5.82 Å². The summed E-state index contributed by atoms with van der Waals surface area (Å²) in [6.45, 7) is 0.817. The summed E-state index contributed by atoms with van der Waals surface area (Å²) in [7, 11) is 0. The molecule has 1 saturated heterocycles. The maximum atomic E-state index is 14.5. The van der Waals surface area contributed by atoms with Crippen molar-refractivity contribution in [3.05, 3.63) is 74.6 Å². The van der Waals surface area contributed by atoms with Crippen LogP contribution in [0.15, 0.2) is 58.2 Å². The summed E-state index contributed by atoms with van der Waals surface area (Å²) in [5.74, 6) is -5.27. The second-order valence-corrected chi connectivity index (χ2v) is 9.99. The fraction of sp³-hybridized carbons (Fsp3) is 0.360. The summed E-state index contributed by atoms with van der Waals surface area (Å²) < 4.78 is 48.1. The van der Waals surface area contributed by atoms with E-state index in [4.69, 9.17) is 21.4 Å². The molecule has 1 aromatic carbocycles. The van der Waals surface area contributed by atoms with Gasteiger partial charge < -0.3 is 15.2 Å². The van der Waals surface area contributed by atoms with Crippen molar-refractivity contribution in [2.45, 2.75) is 37.8 Å². The first-order chi connectivity index (χ1) is 18.1. The van der Waals surface area contributed by atoms with Gasteiger partial charge in [0.25, 0.3) is 5.92 Å². The van der Waals surface area contributed by atoms with Gasteiger partial charge in [0, 0.05) is 52.9 Å². The van der Waals surface area contributed by atoms with E-state index in [0.29, 0.717) is 10.6 Å². The predicted octanol–water partition coefficient (Wildman–Crippen LogP) is 4.58. The zero-order chi connectivity index (χ0) is 27.4. The van der Waals surface area contributed by atoms with Crippen LogP contribution in [0.5, 0.6) is 0 Å². The molecule has 1 aromatic heterocycles. The number of carboxylic acid groups (broad SMARTS) is 1. The fourth-order valence-corrected chi connectivity index (χ4v) is 5.25. The number of halogens is 4. The highest BCUT2D eigenvalue weighted by Crippen LogP contribution is 2.38. The minimum Gasteiger partial charge on any atom is -0.478 e. The quantitative estimate of drug-likeness (QED) is 0.355. The van der Waals surface area contributed by atoms with Crippen LogP contribution >= 0.6 is 22.9 Å². The summed E-state index contributed by atoms with van der Waals surface area (Å²) in [6, 6.07) is 2.01. The Labute approximate surface area is 225 Å². The zero-order valence-corrected chi connectivity index (χ0v) is 21.7. The number of nitrogens with zero attached hydrogens (tertiary/aromatic N) is 3. The lowest BCUT2D eigenvalue weighted by Gasteiger charge is -2.39. The number of aromatic nitrogens is 1. The van der Waals surface area contributed by atoms with E-state index in [2.05, 4.69) is 15.3 Å². The fourth-order valence-electron chi connectivity index (χ4n) is 4.39. The van der Waals surface area contributed by atoms with Crippen molar-refractivity contribution in [1.82, 2.24) is 15.2 Å². The van der Waals surface area contributed by atoms with Crippen molar-refractivity contribution < 1.29 is 32.6 Å². The Balaban J connectivity index is 1.83. The number of benzene rings is 1. The summed E-state index contributed by atoms with van der Waals surface area (Å²) in [6.07, 6.45) is 3.44. The van der Waals surface area contributed by atoms with Crippen LogP contribution < -0.4 is 5.32 Å². The summed E-state index contributed by atoms with van der Waals surface area (Å²) in [5, 5.41) is 14.4. The molecule has 8 nitrogen and oxygen atoms in total. The van der Waals surface area contributed by atoms with Gasteiger partial charge in [-0.3, -0.25) is 9.89 Å². The smallest absolute Gasteiger partial charge is 0.338 e. The molecule has 2 aromatic rings. The van der Waals surface area contributed by atoms with Gasteiger partial charge in [-0.05, 0) is 25.5 Å². The number of carbonyl (C=O) groups excluding carboxylic acids is 1. The van der Waals surface area contributed by atoms with Gasteiger partial charge in [-0.2, -0.15) is 0 Å². The molecule has 0 aliphatic carbocycles. The minimum absolute atomic E-state index is 0.0133. The molecule has 0 amide bonds. The normalized spacial score (nSPS) is 21.8. The molecule has 2 atom stereocenters. The average molecular weight is 569 g/mol. The van der Waals surface area contributed by atoms with E-state index in [0.717, 1.165) is 12.1 Å². The first-order valence-electron chi connectivity index (χ1n) is 11.7. The molecular weight excluding hydrogens is 545 g/mol. The third-order valence-electron chi connectivity index (χ3n) is 6.04. The van der Waals surface area contributed by atoms with E-state index >= 15 is 0 Å². The number of thiazole rings is 1. The summed E-state index contributed by atoms with van der Waals surface area (Å²) in [5.41, 5.74) is 0.562. The highest BCUT2D eigenvalue weighted by atomic mass is 35.5.